The molecule has 0 amide bonds. The summed E-state index contributed by atoms with van der Waals surface area (Å²) in [6, 6.07) is 14.3. The highest BCUT2D eigenvalue weighted by atomic mass is 32.1. The lowest BCUT2D eigenvalue weighted by Gasteiger charge is -2.14. The van der Waals surface area contributed by atoms with E-state index in [0.29, 0.717) is 25.7 Å². The number of Topliss-reactive ketones (excluding diaryl/α,β-unsaturated/α-hetero) is 2. The molecule has 0 saturated carbocycles. The lowest BCUT2D eigenvalue weighted by atomic mass is 9.92. The number of pyridine rings is 1. The van der Waals surface area contributed by atoms with Crippen LogP contribution in [-0.2, 0) is 47.1 Å². The number of aromatic nitrogens is 4. The summed E-state index contributed by atoms with van der Waals surface area (Å²) in [4.78, 5) is 35.2. The normalized spacial score (nSPS) is 11.6. The van der Waals surface area contributed by atoms with Crippen LogP contribution in [-0.4, -0.2) is 31.3 Å². The minimum absolute atomic E-state index is 0.113. The van der Waals surface area contributed by atoms with Gasteiger partial charge in [0.15, 0.2) is 0 Å². The zero-order valence-electron chi connectivity index (χ0n) is 23.7. The largest absolute Gasteiger partial charge is 0.299 e. The smallest absolute Gasteiger partial charge is 0.145 e. The Bertz CT molecular complexity index is 1430. The molecule has 1 aromatic carbocycles. The van der Waals surface area contributed by atoms with Crippen LogP contribution >= 0.6 is 11.3 Å². The summed E-state index contributed by atoms with van der Waals surface area (Å²) in [5.74, 6) is 0.357. The molecule has 0 atom stereocenters. The zero-order chi connectivity index (χ0) is 28.0. The van der Waals surface area contributed by atoms with Crippen molar-refractivity contribution >= 4 is 22.9 Å². The number of thiazole rings is 1. The molecule has 0 aliphatic heterocycles. The molecule has 6 nitrogen and oxygen atoms in total. The number of carbonyl (C=O) groups excluding carboxylic acids is 2. The van der Waals surface area contributed by atoms with Crippen molar-refractivity contribution in [3.05, 3.63) is 93.0 Å². The maximum atomic E-state index is 13.1. The Kier molecular flexibility index (Phi) is 9.23. The lowest BCUT2D eigenvalue weighted by molar-refractivity contribution is -0.119. The first-order chi connectivity index (χ1) is 18.6. The molecule has 0 N–H and O–H groups in total. The van der Waals surface area contributed by atoms with E-state index in [1.165, 1.54) is 5.56 Å². The Balaban J connectivity index is 1.38. The van der Waals surface area contributed by atoms with E-state index in [0.717, 1.165) is 57.5 Å². The van der Waals surface area contributed by atoms with E-state index < -0.39 is 0 Å². The molecule has 4 rings (SSSR count). The van der Waals surface area contributed by atoms with Crippen LogP contribution in [0.25, 0.3) is 5.69 Å². The van der Waals surface area contributed by atoms with E-state index in [1.807, 2.05) is 42.1 Å². The lowest BCUT2D eigenvalue weighted by Crippen LogP contribution is -2.13. The quantitative estimate of drug-likeness (QED) is 0.208. The summed E-state index contributed by atoms with van der Waals surface area (Å²) in [6.45, 7) is 10.5. The highest BCUT2D eigenvalue weighted by Gasteiger charge is 2.22. The maximum absolute atomic E-state index is 13.1. The van der Waals surface area contributed by atoms with Gasteiger partial charge in [0, 0.05) is 47.6 Å². The Labute approximate surface area is 235 Å². The zero-order valence-corrected chi connectivity index (χ0v) is 24.5. The van der Waals surface area contributed by atoms with Crippen LogP contribution in [0.2, 0.25) is 0 Å². The molecular formula is C32H38N4O2S. The molecule has 0 radical (unpaired) electrons. The second-order valence-electron chi connectivity index (χ2n) is 11.3. The van der Waals surface area contributed by atoms with Crippen molar-refractivity contribution < 1.29 is 9.59 Å². The third kappa shape index (κ3) is 8.02. The van der Waals surface area contributed by atoms with Crippen molar-refractivity contribution in [2.24, 2.45) is 0 Å². The number of ketones is 2. The Morgan fingerprint density at radius 1 is 0.923 bits per heavy atom. The molecule has 7 heteroatoms. The summed E-state index contributed by atoms with van der Waals surface area (Å²) < 4.78 is 1.91. The summed E-state index contributed by atoms with van der Waals surface area (Å²) in [6.07, 6.45) is 7.83. The van der Waals surface area contributed by atoms with Crippen LogP contribution in [0.4, 0.5) is 0 Å². The van der Waals surface area contributed by atoms with Gasteiger partial charge in [0.05, 0.1) is 23.5 Å². The molecular weight excluding hydrogens is 504 g/mol. The van der Waals surface area contributed by atoms with E-state index in [9.17, 15) is 9.59 Å². The molecule has 4 aromatic rings. The summed E-state index contributed by atoms with van der Waals surface area (Å²) in [5, 5.41) is 5.70. The molecule has 0 bridgehead atoms. The number of benzene rings is 1. The standard InChI is InChI=1S/C32H38N4O2S/c1-6-7-27(37)17-24-16-23(14-15-33-24)10-13-29-21-34-31(39-29)20-28(38)18-26-19-30(32(3,4)5)35-36(26)25-11-8-22(2)9-12-25/h8-9,11-12,14-16,19,21H,6-7,10,13,17-18,20H2,1-5H3. The maximum Gasteiger partial charge on any atom is 0.145 e. The predicted molar refractivity (Wildman–Crippen MR) is 157 cm³/mol. The van der Waals surface area contributed by atoms with Crippen LogP contribution in [0.15, 0.2) is 54.9 Å². The minimum Gasteiger partial charge on any atom is -0.299 e. The Morgan fingerprint density at radius 3 is 2.41 bits per heavy atom. The highest BCUT2D eigenvalue weighted by molar-refractivity contribution is 7.11. The van der Waals surface area contributed by atoms with Gasteiger partial charge >= 0.3 is 0 Å². The van der Waals surface area contributed by atoms with Gasteiger partial charge < -0.3 is 0 Å². The molecule has 0 fully saturated rings. The highest BCUT2D eigenvalue weighted by Crippen LogP contribution is 2.25. The molecule has 3 heterocycles. The van der Waals surface area contributed by atoms with Crippen molar-refractivity contribution in [1.29, 1.82) is 0 Å². The fourth-order valence-corrected chi connectivity index (χ4v) is 5.37. The average Bonchev–Trinajstić information content (AvgIpc) is 3.50. The van der Waals surface area contributed by atoms with Gasteiger partial charge in [0.25, 0.3) is 0 Å². The molecule has 204 valence electrons. The Hall–Kier alpha value is -3.45. The van der Waals surface area contributed by atoms with E-state index >= 15 is 0 Å². The number of hydrogen-bond donors (Lipinski definition) is 0. The molecule has 3 aromatic heterocycles. The van der Waals surface area contributed by atoms with Gasteiger partial charge in [0.1, 0.15) is 16.6 Å². The second-order valence-corrected chi connectivity index (χ2v) is 12.5. The van der Waals surface area contributed by atoms with Crippen molar-refractivity contribution in [2.45, 2.75) is 85.0 Å². The van der Waals surface area contributed by atoms with Gasteiger partial charge in [-0.15, -0.1) is 11.3 Å². The first-order valence-electron chi connectivity index (χ1n) is 13.7. The van der Waals surface area contributed by atoms with E-state index in [2.05, 4.69) is 55.9 Å². The summed E-state index contributed by atoms with van der Waals surface area (Å²) in [5.41, 5.74) is 5.90. The number of rotatable bonds is 12. The molecule has 0 saturated heterocycles. The SMILES string of the molecule is CCCC(=O)Cc1cc(CCc2cnc(CC(=O)Cc3cc(C(C)(C)C)nn3-c3ccc(C)cc3)s2)ccn1. The first kappa shape index (κ1) is 28.6. The molecule has 0 aliphatic carbocycles. The minimum atomic E-state index is -0.113. The van der Waals surface area contributed by atoms with Crippen molar-refractivity contribution in [1.82, 2.24) is 19.7 Å². The fourth-order valence-electron chi connectivity index (χ4n) is 4.42. The van der Waals surface area contributed by atoms with Crippen molar-refractivity contribution in [3.63, 3.8) is 0 Å². The monoisotopic (exact) mass is 542 g/mol. The number of hydrogen-bond acceptors (Lipinski definition) is 6. The number of carbonyl (C=O) groups is 2. The predicted octanol–water partition coefficient (Wildman–Crippen LogP) is 6.38. The fraction of sp³-hybridized carbons (Fsp3) is 0.406. The summed E-state index contributed by atoms with van der Waals surface area (Å²) >= 11 is 1.60. The molecule has 39 heavy (non-hydrogen) atoms. The second kappa shape index (κ2) is 12.6. The first-order valence-corrected chi connectivity index (χ1v) is 14.5. The number of nitrogens with zero attached hydrogens (tertiary/aromatic N) is 4. The van der Waals surface area contributed by atoms with Gasteiger partial charge in [-0.1, -0.05) is 45.4 Å². The van der Waals surface area contributed by atoms with Crippen LogP contribution in [0, 0.1) is 6.92 Å². The van der Waals surface area contributed by atoms with Crippen LogP contribution in [0.1, 0.15) is 78.6 Å². The third-order valence-electron chi connectivity index (χ3n) is 6.61. The molecule has 0 aliphatic rings. The van der Waals surface area contributed by atoms with E-state index in [4.69, 9.17) is 5.10 Å². The van der Waals surface area contributed by atoms with E-state index in [1.54, 1.807) is 17.5 Å². The van der Waals surface area contributed by atoms with Gasteiger partial charge in [-0.3, -0.25) is 14.6 Å². The molecule has 0 unspecified atom stereocenters. The Morgan fingerprint density at radius 2 is 1.69 bits per heavy atom. The van der Waals surface area contributed by atoms with Crippen molar-refractivity contribution in [2.75, 3.05) is 0 Å². The van der Waals surface area contributed by atoms with E-state index in [-0.39, 0.29) is 17.0 Å². The van der Waals surface area contributed by atoms with Gasteiger partial charge in [-0.05, 0) is 62.1 Å². The number of aryl methyl sites for hydroxylation is 3. The van der Waals surface area contributed by atoms with Crippen LogP contribution in [0.3, 0.4) is 0 Å². The van der Waals surface area contributed by atoms with Crippen molar-refractivity contribution in [3.8, 4) is 5.69 Å². The van der Waals surface area contributed by atoms with Crippen LogP contribution in [0.5, 0.6) is 0 Å². The van der Waals surface area contributed by atoms with Gasteiger partial charge in [0.2, 0.25) is 0 Å². The van der Waals surface area contributed by atoms with Gasteiger partial charge in [-0.2, -0.15) is 5.10 Å². The third-order valence-corrected chi connectivity index (χ3v) is 7.66. The molecule has 0 spiro atoms. The summed E-state index contributed by atoms with van der Waals surface area (Å²) in [7, 11) is 0. The van der Waals surface area contributed by atoms with Gasteiger partial charge in [-0.25, -0.2) is 9.67 Å². The topological polar surface area (TPSA) is 77.7 Å². The van der Waals surface area contributed by atoms with Crippen LogP contribution < -0.4 is 0 Å². The average molecular weight is 543 g/mol.